The smallest absolute Gasteiger partial charge is 0.251 e. The molecule has 4 N–H and O–H groups in total. The second-order valence-corrected chi connectivity index (χ2v) is 5.68. The second-order valence-electron chi connectivity index (χ2n) is 5.68. The first kappa shape index (κ1) is 17.5. The molecule has 2 aromatic carbocycles. The summed E-state index contributed by atoms with van der Waals surface area (Å²) in [6, 6.07) is 17.2. The predicted molar refractivity (Wildman–Crippen MR) is 99.1 cm³/mol. The van der Waals surface area contributed by atoms with Gasteiger partial charge in [0.25, 0.3) is 5.91 Å². The average Bonchev–Trinajstić information content (AvgIpc) is 2.61. The number of hydrogen-bond acceptors (Lipinski definition) is 2. The van der Waals surface area contributed by atoms with Crippen molar-refractivity contribution in [3.8, 4) is 0 Å². The van der Waals surface area contributed by atoms with Gasteiger partial charge in [0.05, 0.1) is 6.54 Å². The van der Waals surface area contributed by atoms with Gasteiger partial charge < -0.3 is 16.4 Å². The van der Waals surface area contributed by atoms with Crippen LogP contribution in [0, 0.1) is 0 Å². The SMILES string of the molecule is CCC(C)NC(=O)c1cccc(CN=C(N)Nc2ccccc2)c1. The van der Waals surface area contributed by atoms with Gasteiger partial charge >= 0.3 is 0 Å². The minimum atomic E-state index is -0.0643. The number of benzene rings is 2. The Labute approximate surface area is 143 Å². The largest absolute Gasteiger partial charge is 0.370 e. The molecular weight excluding hydrogens is 300 g/mol. The average molecular weight is 324 g/mol. The number of nitrogens with one attached hydrogen (secondary N) is 2. The molecule has 126 valence electrons. The normalized spacial score (nSPS) is 12.5. The number of carbonyl (C=O) groups is 1. The molecule has 5 nitrogen and oxygen atoms in total. The molecule has 0 bridgehead atoms. The quantitative estimate of drug-likeness (QED) is 0.564. The van der Waals surface area contributed by atoms with E-state index in [0.717, 1.165) is 17.7 Å². The Hall–Kier alpha value is -2.82. The van der Waals surface area contributed by atoms with E-state index < -0.39 is 0 Å². The Morgan fingerprint density at radius 2 is 1.92 bits per heavy atom. The van der Waals surface area contributed by atoms with Gasteiger partial charge in [0.2, 0.25) is 0 Å². The Balaban J connectivity index is 1.98. The molecule has 2 rings (SSSR count). The summed E-state index contributed by atoms with van der Waals surface area (Å²) in [6.45, 7) is 4.44. The highest BCUT2D eigenvalue weighted by atomic mass is 16.1. The summed E-state index contributed by atoms with van der Waals surface area (Å²) in [4.78, 5) is 16.5. The molecule has 1 atom stereocenters. The van der Waals surface area contributed by atoms with E-state index in [-0.39, 0.29) is 11.9 Å². The Morgan fingerprint density at radius 1 is 1.17 bits per heavy atom. The van der Waals surface area contributed by atoms with Gasteiger partial charge in [-0.25, -0.2) is 4.99 Å². The fraction of sp³-hybridized carbons (Fsp3) is 0.263. The van der Waals surface area contributed by atoms with Crippen molar-refractivity contribution in [2.45, 2.75) is 32.9 Å². The number of nitrogens with two attached hydrogens (primary N) is 1. The first-order chi connectivity index (χ1) is 11.6. The van der Waals surface area contributed by atoms with Crippen LogP contribution >= 0.6 is 0 Å². The van der Waals surface area contributed by atoms with Crippen LogP contribution in [-0.2, 0) is 6.54 Å². The molecule has 0 heterocycles. The van der Waals surface area contributed by atoms with E-state index >= 15 is 0 Å². The minimum Gasteiger partial charge on any atom is -0.370 e. The van der Waals surface area contributed by atoms with Crippen LogP contribution in [0.4, 0.5) is 5.69 Å². The van der Waals surface area contributed by atoms with E-state index in [9.17, 15) is 4.79 Å². The van der Waals surface area contributed by atoms with Gasteiger partial charge in [0.15, 0.2) is 5.96 Å². The van der Waals surface area contributed by atoms with Gasteiger partial charge in [-0.2, -0.15) is 0 Å². The van der Waals surface area contributed by atoms with E-state index in [1.807, 2.05) is 62.4 Å². The number of anilines is 1. The Bertz CT molecular complexity index is 698. The monoisotopic (exact) mass is 324 g/mol. The van der Waals surface area contributed by atoms with Crippen LogP contribution in [0.5, 0.6) is 0 Å². The second kappa shape index (κ2) is 8.72. The van der Waals surface area contributed by atoms with Crippen molar-refractivity contribution in [1.29, 1.82) is 0 Å². The summed E-state index contributed by atoms with van der Waals surface area (Å²) in [6.07, 6.45) is 0.900. The zero-order chi connectivity index (χ0) is 17.4. The number of amides is 1. The number of rotatable bonds is 6. The lowest BCUT2D eigenvalue weighted by molar-refractivity contribution is 0.0939. The first-order valence-electron chi connectivity index (χ1n) is 8.10. The summed E-state index contributed by atoms with van der Waals surface area (Å²) >= 11 is 0. The zero-order valence-electron chi connectivity index (χ0n) is 14.1. The van der Waals surface area contributed by atoms with Crippen LogP contribution in [0.3, 0.4) is 0 Å². The zero-order valence-corrected chi connectivity index (χ0v) is 14.1. The van der Waals surface area contributed by atoms with E-state index in [0.29, 0.717) is 18.1 Å². The maximum absolute atomic E-state index is 12.2. The van der Waals surface area contributed by atoms with Gasteiger partial charge in [-0.15, -0.1) is 0 Å². The summed E-state index contributed by atoms with van der Waals surface area (Å²) in [5.74, 6) is 0.279. The molecule has 0 aliphatic carbocycles. The highest BCUT2D eigenvalue weighted by Crippen LogP contribution is 2.08. The molecule has 5 heteroatoms. The number of carbonyl (C=O) groups excluding carboxylic acids is 1. The van der Waals surface area contributed by atoms with Gasteiger partial charge in [0, 0.05) is 17.3 Å². The van der Waals surface area contributed by atoms with Crippen molar-refractivity contribution in [3.63, 3.8) is 0 Å². The van der Waals surface area contributed by atoms with Crippen LogP contribution in [0.15, 0.2) is 59.6 Å². The minimum absolute atomic E-state index is 0.0643. The molecule has 24 heavy (non-hydrogen) atoms. The van der Waals surface area contributed by atoms with Crippen LogP contribution in [0.2, 0.25) is 0 Å². The molecule has 1 unspecified atom stereocenters. The molecule has 2 aromatic rings. The fourth-order valence-corrected chi connectivity index (χ4v) is 2.11. The number of aliphatic imine (C=N–C) groups is 1. The maximum Gasteiger partial charge on any atom is 0.251 e. The molecule has 0 saturated carbocycles. The van der Waals surface area contributed by atoms with Crippen molar-refractivity contribution in [2.75, 3.05) is 5.32 Å². The predicted octanol–water partition coefficient (Wildman–Crippen LogP) is 3.14. The van der Waals surface area contributed by atoms with Crippen molar-refractivity contribution >= 4 is 17.6 Å². The van der Waals surface area contributed by atoms with Gasteiger partial charge in [-0.1, -0.05) is 37.3 Å². The molecule has 0 radical (unpaired) electrons. The summed E-state index contributed by atoms with van der Waals surface area (Å²) < 4.78 is 0. The van der Waals surface area contributed by atoms with Crippen molar-refractivity contribution in [1.82, 2.24) is 5.32 Å². The number of hydrogen-bond donors (Lipinski definition) is 3. The van der Waals surface area contributed by atoms with Gasteiger partial charge in [-0.05, 0) is 43.2 Å². The summed E-state index contributed by atoms with van der Waals surface area (Å²) in [5, 5.41) is 5.99. The molecule has 0 spiro atoms. The Morgan fingerprint density at radius 3 is 2.62 bits per heavy atom. The number of nitrogens with zero attached hydrogens (tertiary/aromatic N) is 1. The number of para-hydroxylation sites is 1. The molecule has 0 aromatic heterocycles. The van der Waals surface area contributed by atoms with Crippen molar-refractivity contribution < 1.29 is 4.79 Å². The maximum atomic E-state index is 12.2. The fourth-order valence-electron chi connectivity index (χ4n) is 2.11. The summed E-state index contributed by atoms with van der Waals surface area (Å²) in [5.41, 5.74) is 8.36. The van der Waals surface area contributed by atoms with Crippen LogP contribution in [-0.4, -0.2) is 17.9 Å². The van der Waals surface area contributed by atoms with Crippen LogP contribution in [0.25, 0.3) is 0 Å². The van der Waals surface area contributed by atoms with Crippen molar-refractivity contribution in [2.24, 2.45) is 10.7 Å². The van der Waals surface area contributed by atoms with Crippen molar-refractivity contribution in [3.05, 3.63) is 65.7 Å². The van der Waals surface area contributed by atoms with E-state index in [2.05, 4.69) is 15.6 Å². The molecule has 0 aliphatic heterocycles. The topological polar surface area (TPSA) is 79.5 Å². The third kappa shape index (κ3) is 5.43. The lowest BCUT2D eigenvalue weighted by Crippen LogP contribution is -2.31. The van der Waals surface area contributed by atoms with Gasteiger partial charge in [0.1, 0.15) is 0 Å². The molecule has 0 saturated heterocycles. The standard InChI is InChI=1S/C19H24N4O/c1-3-14(2)22-18(24)16-9-7-8-15(12-16)13-21-19(20)23-17-10-5-4-6-11-17/h4-12,14H,3,13H2,1-2H3,(H,22,24)(H3,20,21,23). The lowest BCUT2D eigenvalue weighted by Gasteiger charge is -2.11. The van der Waals surface area contributed by atoms with Crippen LogP contribution in [0.1, 0.15) is 36.2 Å². The molecule has 1 amide bonds. The van der Waals surface area contributed by atoms with E-state index in [4.69, 9.17) is 5.73 Å². The van der Waals surface area contributed by atoms with E-state index in [1.54, 1.807) is 6.07 Å². The van der Waals surface area contributed by atoms with Gasteiger partial charge in [-0.3, -0.25) is 4.79 Å². The third-order valence-electron chi connectivity index (χ3n) is 3.66. The Kier molecular flexibility index (Phi) is 6.37. The summed E-state index contributed by atoms with van der Waals surface area (Å²) in [7, 11) is 0. The third-order valence-corrected chi connectivity index (χ3v) is 3.66. The number of guanidine groups is 1. The first-order valence-corrected chi connectivity index (χ1v) is 8.10. The highest BCUT2D eigenvalue weighted by molar-refractivity contribution is 5.94. The van der Waals surface area contributed by atoms with E-state index in [1.165, 1.54) is 0 Å². The molecule has 0 fully saturated rings. The van der Waals surface area contributed by atoms with Crippen LogP contribution < -0.4 is 16.4 Å². The molecular formula is C19H24N4O. The lowest BCUT2D eigenvalue weighted by atomic mass is 10.1. The highest BCUT2D eigenvalue weighted by Gasteiger charge is 2.08. The molecule has 0 aliphatic rings.